The molecule has 1 heterocycles. The average molecular weight is 479 g/mol. The molecule has 0 aromatic heterocycles. The topological polar surface area (TPSA) is 92.8 Å². The zero-order valence-electron chi connectivity index (χ0n) is 18.4. The molecule has 9 heteroatoms. The summed E-state index contributed by atoms with van der Waals surface area (Å²) in [6.45, 7) is 6.14. The number of aryl methyl sites for hydroxylation is 2. The highest BCUT2D eigenvalue weighted by Gasteiger charge is 2.31. The minimum Gasteiger partial charge on any atom is -0.452 e. The van der Waals surface area contributed by atoms with Crippen molar-refractivity contribution in [2.75, 3.05) is 25.0 Å². The Morgan fingerprint density at radius 1 is 1.19 bits per heavy atom. The normalized spacial score (nSPS) is 17.1. The van der Waals surface area contributed by atoms with Gasteiger partial charge in [-0.05, 0) is 62.4 Å². The fourth-order valence-electron chi connectivity index (χ4n) is 3.69. The SMILES string of the molecule is Cc1ccc(NC(=O)COC(=O)c2ccc(Cl)c(S(=O)(=O)N3CCCC(C)C3)c2)c(C)c1. The highest BCUT2D eigenvalue weighted by Crippen LogP contribution is 2.29. The van der Waals surface area contributed by atoms with E-state index < -0.39 is 28.5 Å². The lowest BCUT2D eigenvalue weighted by molar-refractivity contribution is -0.119. The molecule has 0 saturated carbocycles. The van der Waals surface area contributed by atoms with E-state index in [0.717, 1.165) is 24.0 Å². The molecule has 3 rings (SSSR count). The predicted octanol–water partition coefficient (Wildman–Crippen LogP) is 4.17. The Hall–Kier alpha value is -2.42. The largest absolute Gasteiger partial charge is 0.452 e. The monoisotopic (exact) mass is 478 g/mol. The quantitative estimate of drug-likeness (QED) is 0.629. The second kappa shape index (κ2) is 10.0. The van der Waals surface area contributed by atoms with Gasteiger partial charge in [0.05, 0.1) is 10.6 Å². The molecule has 1 unspecified atom stereocenters. The number of nitrogens with zero attached hydrogens (tertiary/aromatic N) is 1. The zero-order valence-corrected chi connectivity index (χ0v) is 19.9. The van der Waals surface area contributed by atoms with Crippen molar-refractivity contribution in [3.63, 3.8) is 0 Å². The first-order chi connectivity index (χ1) is 15.1. The standard InChI is InChI=1S/C23H27ClN2O5S/c1-15-6-9-20(17(3)11-15)25-22(27)14-31-23(28)18-7-8-19(24)21(12-18)32(29,30)26-10-4-5-16(2)13-26/h6-9,11-12,16H,4-5,10,13-14H2,1-3H3,(H,25,27). The van der Waals surface area contributed by atoms with Gasteiger partial charge in [-0.15, -0.1) is 0 Å². The van der Waals surface area contributed by atoms with Gasteiger partial charge in [-0.1, -0.05) is 36.2 Å². The fourth-order valence-corrected chi connectivity index (χ4v) is 5.79. The number of anilines is 1. The van der Waals surface area contributed by atoms with E-state index in [-0.39, 0.29) is 21.4 Å². The van der Waals surface area contributed by atoms with Crippen molar-refractivity contribution in [2.24, 2.45) is 5.92 Å². The summed E-state index contributed by atoms with van der Waals surface area (Å²) in [6, 6.07) is 9.52. The van der Waals surface area contributed by atoms with Crippen LogP contribution in [0, 0.1) is 19.8 Å². The Morgan fingerprint density at radius 2 is 1.94 bits per heavy atom. The number of halogens is 1. The van der Waals surface area contributed by atoms with Crippen LogP contribution in [-0.2, 0) is 19.6 Å². The van der Waals surface area contributed by atoms with Crippen molar-refractivity contribution in [1.82, 2.24) is 4.31 Å². The first kappa shape index (κ1) is 24.2. The average Bonchev–Trinajstić information content (AvgIpc) is 2.74. The van der Waals surface area contributed by atoms with Gasteiger partial charge >= 0.3 is 5.97 Å². The Kier molecular flexibility index (Phi) is 7.59. The third-order valence-corrected chi connectivity index (χ3v) is 7.74. The number of benzene rings is 2. The summed E-state index contributed by atoms with van der Waals surface area (Å²) in [5, 5.41) is 2.73. The van der Waals surface area contributed by atoms with Gasteiger partial charge in [0.15, 0.2) is 6.61 Å². The molecule has 7 nitrogen and oxygen atoms in total. The molecule has 1 aliphatic rings. The summed E-state index contributed by atoms with van der Waals surface area (Å²) in [4.78, 5) is 24.5. The van der Waals surface area contributed by atoms with Gasteiger partial charge in [-0.3, -0.25) is 4.79 Å². The van der Waals surface area contributed by atoms with Gasteiger partial charge in [0.1, 0.15) is 4.90 Å². The number of hydrogen-bond donors (Lipinski definition) is 1. The molecule has 1 N–H and O–H groups in total. The molecule has 1 aliphatic heterocycles. The first-order valence-electron chi connectivity index (χ1n) is 10.4. The fraction of sp³-hybridized carbons (Fsp3) is 0.391. The van der Waals surface area contributed by atoms with Crippen molar-refractivity contribution in [3.8, 4) is 0 Å². The number of sulfonamides is 1. The number of carbonyl (C=O) groups excluding carboxylic acids is 2. The lowest BCUT2D eigenvalue weighted by atomic mass is 10.0. The number of hydrogen-bond acceptors (Lipinski definition) is 5. The first-order valence-corrected chi connectivity index (χ1v) is 12.2. The molecule has 2 aromatic carbocycles. The van der Waals surface area contributed by atoms with Crippen molar-refractivity contribution in [1.29, 1.82) is 0 Å². The summed E-state index contributed by atoms with van der Waals surface area (Å²) in [7, 11) is -3.85. The molecule has 0 radical (unpaired) electrons. The Balaban J connectivity index is 1.69. The van der Waals surface area contributed by atoms with Crippen LogP contribution in [0.2, 0.25) is 5.02 Å². The van der Waals surface area contributed by atoms with Crippen LogP contribution >= 0.6 is 11.6 Å². The van der Waals surface area contributed by atoms with Gasteiger partial charge in [-0.25, -0.2) is 13.2 Å². The zero-order chi connectivity index (χ0) is 23.5. The summed E-state index contributed by atoms with van der Waals surface area (Å²) in [5.74, 6) is -1.04. The second-order valence-electron chi connectivity index (χ2n) is 8.20. The molecule has 32 heavy (non-hydrogen) atoms. The summed E-state index contributed by atoms with van der Waals surface area (Å²) >= 11 is 6.16. The van der Waals surface area contributed by atoms with Crippen molar-refractivity contribution < 1.29 is 22.7 Å². The highest BCUT2D eigenvalue weighted by atomic mass is 35.5. The summed E-state index contributed by atoms with van der Waals surface area (Å²) in [5.41, 5.74) is 2.60. The van der Waals surface area contributed by atoms with Crippen LogP contribution in [-0.4, -0.2) is 44.3 Å². The number of carbonyl (C=O) groups is 2. The van der Waals surface area contributed by atoms with Crippen LogP contribution in [0.3, 0.4) is 0 Å². The van der Waals surface area contributed by atoms with E-state index >= 15 is 0 Å². The molecule has 1 atom stereocenters. The molecule has 1 amide bonds. The van der Waals surface area contributed by atoms with E-state index in [1.807, 2.05) is 32.9 Å². The maximum Gasteiger partial charge on any atom is 0.338 e. The number of amides is 1. The van der Waals surface area contributed by atoms with E-state index in [4.69, 9.17) is 16.3 Å². The van der Waals surface area contributed by atoms with Gasteiger partial charge in [0.25, 0.3) is 5.91 Å². The number of nitrogens with one attached hydrogen (secondary N) is 1. The molecule has 0 aliphatic carbocycles. The third-order valence-electron chi connectivity index (χ3n) is 5.39. The lowest BCUT2D eigenvalue weighted by Crippen LogP contribution is -2.39. The van der Waals surface area contributed by atoms with Crippen LogP contribution in [0.25, 0.3) is 0 Å². The number of ether oxygens (including phenoxy) is 1. The molecular formula is C23H27ClN2O5S. The van der Waals surface area contributed by atoms with Gasteiger partial charge in [-0.2, -0.15) is 4.31 Å². The number of esters is 1. The minimum absolute atomic E-state index is 0.0114. The number of rotatable bonds is 6. The van der Waals surface area contributed by atoms with Gasteiger partial charge in [0, 0.05) is 18.8 Å². The van der Waals surface area contributed by atoms with E-state index in [9.17, 15) is 18.0 Å². The molecule has 172 valence electrons. The van der Waals surface area contributed by atoms with Crippen molar-refractivity contribution in [2.45, 2.75) is 38.5 Å². The summed E-state index contributed by atoms with van der Waals surface area (Å²) < 4.78 is 32.6. The van der Waals surface area contributed by atoms with Crippen LogP contribution in [0.4, 0.5) is 5.69 Å². The van der Waals surface area contributed by atoms with E-state index in [2.05, 4.69) is 5.32 Å². The predicted molar refractivity (Wildman–Crippen MR) is 123 cm³/mol. The molecule has 2 aromatic rings. The Bertz CT molecular complexity index is 1130. The van der Waals surface area contributed by atoms with Gasteiger partial charge < -0.3 is 10.1 Å². The smallest absolute Gasteiger partial charge is 0.338 e. The van der Waals surface area contributed by atoms with E-state index in [1.54, 1.807) is 6.07 Å². The molecule has 1 fully saturated rings. The van der Waals surface area contributed by atoms with Gasteiger partial charge in [0.2, 0.25) is 10.0 Å². The van der Waals surface area contributed by atoms with Crippen molar-refractivity contribution >= 4 is 39.2 Å². The van der Waals surface area contributed by atoms with E-state index in [0.29, 0.717) is 18.8 Å². The van der Waals surface area contributed by atoms with Crippen LogP contribution < -0.4 is 5.32 Å². The van der Waals surface area contributed by atoms with Crippen molar-refractivity contribution in [3.05, 3.63) is 58.1 Å². The Labute approximate surface area is 193 Å². The maximum atomic E-state index is 13.1. The van der Waals surface area contributed by atoms with E-state index in [1.165, 1.54) is 22.5 Å². The Morgan fingerprint density at radius 3 is 2.62 bits per heavy atom. The van der Waals surface area contributed by atoms with Crippen LogP contribution in [0.1, 0.15) is 41.3 Å². The molecule has 0 spiro atoms. The maximum absolute atomic E-state index is 13.1. The minimum atomic E-state index is -3.85. The second-order valence-corrected chi connectivity index (χ2v) is 10.5. The molecular weight excluding hydrogens is 452 g/mol. The summed E-state index contributed by atoms with van der Waals surface area (Å²) in [6.07, 6.45) is 1.74. The van der Waals surface area contributed by atoms with Crippen LogP contribution in [0.5, 0.6) is 0 Å². The lowest BCUT2D eigenvalue weighted by Gasteiger charge is -2.30. The van der Waals surface area contributed by atoms with Crippen LogP contribution in [0.15, 0.2) is 41.3 Å². The third kappa shape index (κ3) is 5.68. The highest BCUT2D eigenvalue weighted by molar-refractivity contribution is 7.89. The molecule has 0 bridgehead atoms. The number of piperidine rings is 1. The molecule has 1 saturated heterocycles.